The van der Waals surface area contributed by atoms with Gasteiger partial charge in [-0.3, -0.25) is 4.98 Å². The molecule has 6 aromatic carbocycles. The first-order chi connectivity index (χ1) is 26.6. The second-order valence-corrected chi connectivity index (χ2v) is 17.6. The molecule has 0 fully saturated rings. The van der Waals surface area contributed by atoms with Crippen molar-refractivity contribution < 1.29 is 9.52 Å². The lowest BCUT2D eigenvalue weighted by Gasteiger charge is -2.22. The molecule has 56 heavy (non-hydrogen) atoms. The predicted molar refractivity (Wildman–Crippen MR) is 235 cm³/mol. The normalized spacial score (nSPS) is 12.2. The van der Waals surface area contributed by atoms with Crippen LogP contribution in [0.3, 0.4) is 0 Å². The highest BCUT2D eigenvalue weighted by Crippen LogP contribution is 2.44. The average molecular weight is 735 g/mol. The van der Waals surface area contributed by atoms with Crippen LogP contribution in [-0.4, -0.2) is 15.1 Å². The van der Waals surface area contributed by atoms with E-state index in [1.807, 2.05) is 24.4 Å². The molecule has 0 saturated heterocycles. The van der Waals surface area contributed by atoms with Gasteiger partial charge in [-0.1, -0.05) is 90.1 Å². The van der Waals surface area contributed by atoms with Crippen LogP contribution < -0.4 is 0 Å². The Bertz CT molecular complexity index is 2790. The number of phenolic OH excluding ortho intramolecular Hbond substituents is 1. The molecule has 4 nitrogen and oxygen atoms in total. The van der Waals surface area contributed by atoms with Gasteiger partial charge in [0.15, 0.2) is 5.58 Å². The van der Waals surface area contributed by atoms with Crippen molar-refractivity contribution in [1.82, 2.24) is 9.97 Å². The minimum Gasteiger partial charge on any atom is -0.507 e. The number of phenols is 1. The third-order valence-corrected chi connectivity index (χ3v) is 11.3. The molecule has 8 aromatic rings. The van der Waals surface area contributed by atoms with Crippen LogP contribution in [0.5, 0.6) is 5.75 Å². The third-order valence-electron chi connectivity index (χ3n) is 11.3. The summed E-state index contributed by atoms with van der Waals surface area (Å²) in [5.41, 5.74) is 18.6. The molecular formula is C52H50N2O2. The topological polar surface area (TPSA) is 59.2 Å². The maximum atomic E-state index is 11.2. The smallest absolute Gasteiger partial charge is 0.231 e. The fraction of sp³-hybridized carbons (Fsp3) is 0.231. The molecule has 0 amide bonds. The Morgan fingerprint density at radius 3 is 1.62 bits per heavy atom. The van der Waals surface area contributed by atoms with E-state index in [0.29, 0.717) is 17.0 Å². The van der Waals surface area contributed by atoms with E-state index < -0.39 is 0 Å². The number of aromatic nitrogens is 2. The Balaban J connectivity index is 1.48. The van der Waals surface area contributed by atoms with Crippen LogP contribution in [0.25, 0.3) is 78.0 Å². The molecule has 0 atom stereocenters. The number of benzene rings is 6. The summed E-state index contributed by atoms with van der Waals surface area (Å²) >= 11 is 0. The Kier molecular flexibility index (Phi) is 9.00. The quantitative estimate of drug-likeness (QED) is 0.191. The van der Waals surface area contributed by atoms with Gasteiger partial charge in [0.1, 0.15) is 11.3 Å². The molecule has 0 bridgehead atoms. The number of pyridine rings is 1. The fourth-order valence-corrected chi connectivity index (χ4v) is 8.15. The van der Waals surface area contributed by atoms with Crippen molar-refractivity contribution in [2.75, 3.05) is 0 Å². The molecule has 1 N–H and O–H groups in total. The summed E-state index contributed by atoms with van der Waals surface area (Å²) in [6, 6.07) is 38.7. The number of hydrogen-bond acceptors (Lipinski definition) is 4. The Hall–Kier alpha value is -6.00. The number of aromatic hydroxyl groups is 1. The summed E-state index contributed by atoms with van der Waals surface area (Å²) in [5, 5.41) is 12.3. The van der Waals surface area contributed by atoms with Crippen molar-refractivity contribution >= 4 is 22.0 Å². The second kappa shape index (κ2) is 13.6. The van der Waals surface area contributed by atoms with E-state index in [2.05, 4.69) is 154 Å². The van der Waals surface area contributed by atoms with Crippen molar-refractivity contribution in [3.8, 4) is 61.7 Å². The lowest BCUT2D eigenvalue weighted by molar-refractivity contribution is 0.473. The van der Waals surface area contributed by atoms with E-state index in [4.69, 9.17) is 14.4 Å². The zero-order valence-electron chi connectivity index (χ0n) is 34.2. The van der Waals surface area contributed by atoms with Crippen molar-refractivity contribution in [2.45, 2.75) is 80.1 Å². The highest BCUT2D eigenvalue weighted by Gasteiger charge is 2.24. The van der Waals surface area contributed by atoms with E-state index in [9.17, 15) is 5.11 Å². The second-order valence-electron chi connectivity index (χ2n) is 17.6. The molecule has 8 rings (SSSR count). The lowest BCUT2D eigenvalue weighted by atomic mass is 9.83. The van der Waals surface area contributed by atoms with Gasteiger partial charge in [0.05, 0.1) is 11.1 Å². The molecule has 0 aliphatic rings. The van der Waals surface area contributed by atoms with Crippen LogP contribution in [0, 0.1) is 27.7 Å². The number of nitrogens with zero attached hydrogens (tertiary/aromatic N) is 2. The number of aryl methyl sites for hydroxylation is 4. The zero-order valence-corrected chi connectivity index (χ0v) is 34.2. The Morgan fingerprint density at radius 1 is 0.500 bits per heavy atom. The molecule has 4 heteroatoms. The number of oxazole rings is 1. The standard InChI is InChI=1S/C52H50N2O2/c1-30-14-11-15-31(2)46(30)37-23-35(22-36(24-37)42-29-40(52(8,9)10)25-34-18-13-21-53-48(34)42)41-26-38(47-32(3)16-12-17-33(47)4)27-45-49(41)54-50(56-45)43-28-39(51(5,6)7)19-20-44(43)55/h11-29,55H,1-10H3. The Morgan fingerprint density at radius 2 is 1.04 bits per heavy atom. The maximum absolute atomic E-state index is 11.2. The molecule has 0 saturated carbocycles. The van der Waals surface area contributed by atoms with Gasteiger partial charge in [0, 0.05) is 22.7 Å². The van der Waals surface area contributed by atoms with E-state index in [1.165, 1.54) is 38.9 Å². The van der Waals surface area contributed by atoms with Crippen molar-refractivity contribution in [3.05, 3.63) is 149 Å². The van der Waals surface area contributed by atoms with E-state index in [0.717, 1.165) is 55.4 Å². The summed E-state index contributed by atoms with van der Waals surface area (Å²) in [6.07, 6.45) is 1.89. The summed E-state index contributed by atoms with van der Waals surface area (Å²) < 4.78 is 6.70. The first-order valence-corrected chi connectivity index (χ1v) is 19.5. The summed E-state index contributed by atoms with van der Waals surface area (Å²) in [5.74, 6) is 0.529. The van der Waals surface area contributed by atoms with Gasteiger partial charge in [0.25, 0.3) is 0 Å². The monoisotopic (exact) mass is 734 g/mol. The summed E-state index contributed by atoms with van der Waals surface area (Å²) in [6.45, 7) is 22.0. The molecular weight excluding hydrogens is 685 g/mol. The van der Waals surface area contributed by atoms with Crippen LogP contribution >= 0.6 is 0 Å². The molecule has 280 valence electrons. The van der Waals surface area contributed by atoms with Crippen LogP contribution in [0.1, 0.15) is 74.9 Å². The van der Waals surface area contributed by atoms with Crippen LogP contribution in [0.15, 0.2) is 120 Å². The zero-order chi connectivity index (χ0) is 39.7. The van der Waals surface area contributed by atoms with Crippen molar-refractivity contribution in [3.63, 3.8) is 0 Å². The summed E-state index contributed by atoms with van der Waals surface area (Å²) in [7, 11) is 0. The predicted octanol–water partition coefficient (Wildman–Crippen LogP) is 14.2. The van der Waals surface area contributed by atoms with E-state index in [-0.39, 0.29) is 16.6 Å². The van der Waals surface area contributed by atoms with E-state index in [1.54, 1.807) is 6.07 Å². The van der Waals surface area contributed by atoms with Crippen LogP contribution in [0.2, 0.25) is 0 Å². The highest BCUT2D eigenvalue weighted by atomic mass is 16.3. The lowest BCUT2D eigenvalue weighted by Crippen LogP contribution is -2.11. The molecule has 0 unspecified atom stereocenters. The van der Waals surface area contributed by atoms with Gasteiger partial charge in [-0.2, -0.15) is 0 Å². The third kappa shape index (κ3) is 6.68. The molecule has 0 radical (unpaired) electrons. The highest BCUT2D eigenvalue weighted by molar-refractivity contribution is 6.01. The number of rotatable bonds is 5. The number of fused-ring (bicyclic) bond motifs is 2. The molecule has 2 heterocycles. The fourth-order valence-electron chi connectivity index (χ4n) is 8.15. The SMILES string of the molecule is Cc1cccc(C)c1-c1cc(-c2cc(C(C)(C)C)cc3cccnc23)cc(-c2cc(-c3c(C)cccc3C)cc3oc(-c4cc(C(C)(C)C)ccc4O)nc23)c1. The van der Waals surface area contributed by atoms with Crippen LogP contribution in [0.4, 0.5) is 0 Å². The largest absolute Gasteiger partial charge is 0.507 e. The van der Waals surface area contributed by atoms with Crippen molar-refractivity contribution in [1.29, 1.82) is 0 Å². The van der Waals surface area contributed by atoms with Gasteiger partial charge < -0.3 is 9.52 Å². The van der Waals surface area contributed by atoms with Crippen LogP contribution in [-0.2, 0) is 10.8 Å². The summed E-state index contributed by atoms with van der Waals surface area (Å²) in [4.78, 5) is 10.2. The first-order valence-electron chi connectivity index (χ1n) is 19.5. The Labute approximate surface area is 330 Å². The van der Waals surface area contributed by atoms with E-state index >= 15 is 0 Å². The molecule has 0 spiro atoms. The van der Waals surface area contributed by atoms with Gasteiger partial charge in [-0.25, -0.2) is 4.98 Å². The molecule has 2 aromatic heterocycles. The average Bonchev–Trinajstić information content (AvgIpc) is 3.57. The first kappa shape index (κ1) is 36.9. The van der Waals surface area contributed by atoms with Gasteiger partial charge >= 0.3 is 0 Å². The van der Waals surface area contributed by atoms with Gasteiger partial charge in [-0.05, 0) is 166 Å². The van der Waals surface area contributed by atoms with Gasteiger partial charge in [-0.15, -0.1) is 0 Å². The van der Waals surface area contributed by atoms with Gasteiger partial charge in [0.2, 0.25) is 5.89 Å². The minimum absolute atomic E-state index is 0.0648. The maximum Gasteiger partial charge on any atom is 0.231 e. The minimum atomic E-state index is -0.122. The molecule has 0 aliphatic carbocycles. The number of hydrogen-bond donors (Lipinski definition) is 1. The van der Waals surface area contributed by atoms with Crippen molar-refractivity contribution in [2.24, 2.45) is 0 Å². The molecule has 0 aliphatic heterocycles.